The summed E-state index contributed by atoms with van der Waals surface area (Å²) in [5.41, 5.74) is 0.448. The van der Waals surface area contributed by atoms with Crippen LogP contribution in [-0.4, -0.2) is 36.1 Å². The molecule has 6 nitrogen and oxygen atoms in total. The molecule has 0 aromatic heterocycles. The third-order valence-electron chi connectivity index (χ3n) is 4.07. The summed E-state index contributed by atoms with van der Waals surface area (Å²) < 4.78 is 4.76. The van der Waals surface area contributed by atoms with Crippen LogP contribution in [0.4, 0.5) is 0 Å². The number of aliphatic carboxylic acids is 1. The van der Waals surface area contributed by atoms with Gasteiger partial charge in [-0.25, -0.2) is 4.79 Å². The summed E-state index contributed by atoms with van der Waals surface area (Å²) in [4.78, 5) is 35.2. The molecule has 22 heavy (non-hydrogen) atoms. The molecule has 0 saturated heterocycles. The quantitative estimate of drug-likeness (QED) is 0.803. The average molecular weight is 305 g/mol. The van der Waals surface area contributed by atoms with Crippen LogP contribution in [0.1, 0.15) is 29.6 Å². The Morgan fingerprint density at radius 2 is 1.91 bits per heavy atom. The standard InChI is InChI=1S/C16H19NO5/c1-22-16(21)13(11-7-8-12(9-11)15(19)20)17-14(18)10-5-3-2-4-6-10/h2-6,11-13H,7-9H2,1H3,(H,17,18)(H,19,20)/t11-,12+,13+/m0/s1. The van der Waals surface area contributed by atoms with Gasteiger partial charge in [-0.05, 0) is 37.3 Å². The number of ether oxygens (including phenoxy) is 1. The molecule has 0 heterocycles. The maximum absolute atomic E-state index is 12.2. The van der Waals surface area contributed by atoms with E-state index < -0.39 is 23.9 Å². The maximum Gasteiger partial charge on any atom is 0.328 e. The molecule has 1 fully saturated rings. The smallest absolute Gasteiger partial charge is 0.328 e. The van der Waals surface area contributed by atoms with Crippen LogP contribution in [-0.2, 0) is 14.3 Å². The second-order valence-electron chi connectivity index (χ2n) is 5.45. The highest BCUT2D eigenvalue weighted by molar-refractivity contribution is 5.96. The average Bonchev–Trinajstić information content (AvgIpc) is 3.02. The van der Waals surface area contributed by atoms with Gasteiger partial charge in [0, 0.05) is 5.56 Å². The van der Waals surface area contributed by atoms with Crippen molar-refractivity contribution in [2.24, 2.45) is 11.8 Å². The third kappa shape index (κ3) is 3.63. The van der Waals surface area contributed by atoms with E-state index in [1.54, 1.807) is 30.3 Å². The number of methoxy groups -OCH3 is 1. The third-order valence-corrected chi connectivity index (χ3v) is 4.07. The Morgan fingerprint density at radius 3 is 2.45 bits per heavy atom. The lowest BCUT2D eigenvalue weighted by Crippen LogP contribution is -2.46. The van der Waals surface area contributed by atoms with Gasteiger partial charge in [-0.3, -0.25) is 9.59 Å². The fourth-order valence-electron chi connectivity index (χ4n) is 2.85. The molecule has 1 aliphatic carbocycles. The fourth-order valence-corrected chi connectivity index (χ4v) is 2.85. The predicted octanol–water partition coefficient (Wildman–Crippen LogP) is 1.46. The zero-order chi connectivity index (χ0) is 16.1. The first kappa shape index (κ1) is 16.0. The summed E-state index contributed by atoms with van der Waals surface area (Å²) in [5.74, 6) is -2.46. The molecule has 2 rings (SSSR count). The van der Waals surface area contributed by atoms with E-state index in [1.807, 2.05) is 0 Å². The number of benzene rings is 1. The maximum atomic E-state index is 12.2. The largest absolute Gasteiger partial charge is 0.481 e. The van der Waals surface area contributed by atoms with Crippen LogP contribution in [0.2, 0.25) is 0 Å². The Labute approximate surface area is 128 Å². The van der Waals surface area contributed by atoms with E-state index in [9.17, 15) is 14.4 Å². The monoisotopic (exact) mass is 305 g/mol. The summed E-state index contributed by atoms with van der Waals surface area (Å²) in [6.45, 7) is 0. The van der Waals surface area contributed by atoms with Crippen molar-refractivity contribution in [3.05, 3.63) is 35.9 Å². The van der Waals surface area contributed by atoms with E-state index in [1.165, 1.54) is 7.11 Å². The van der Waals surface area contributed by atoms with Crippen LogP contribution < -0.4 is 5.32 Å². The van der Waals surface area contributed by atoms with E-state index in [2.05, 4.69) is 5.32 Å². The summed E-state index contributed by atoms with van der Waals surface area (Å²) in [6, 6.07) is 7.75. The van der Waals surface area contributed by atoms with E-state index in [0.717, 1.165) is 0 Å². The fraction of sp³-hybridized carbons (Fsp3) is 0.438. The van der Waals surface area contributed by atoms with Crippen molar-refractivity contribution < 1.29 is 24.2 Å². The molecule has 1 saturated carbocycles. The molecule has 6 heteroatoms. The summed E-state index contributed by atoms with van der Waals surface area (Å²) >= 11 is 0. The van der Waals surface area contributed by atoms with Crippen molar-refractivity contribution in [1.29, 1.82) is 0 Å². The van der Waals surface area contributed by atoms with Crippen molar-refractivity contribution >= 4 is 17.8 Å². The molecule has 0 aliphatic heterocycles. The minimum Gasteiger partial charge on any atom is -0.481 e. The SMILES string of the molecule is COC(=O)[C@H](NC(=O)c1ccccc1)[C@H]1CC[C@@H](C(=O)O)C1. The number of carboxylic acid groups (broad SMARTS) is 1. The number of carbonyl (C=O) groups excluding carboxylic acids is 2. The highest BCUT2D eigenvalue weighted by Gasteiger charge is 2.39. The van der Waals surface area contributed by atoms with Crippen molar-refractivity contribution in [1.82, 2.24) is 5.32 Å². The second kappa shape index (κ2) is 7.06. The van der Waals surface area contributed by atoms with Crippen LogP contribution >= 0.6 is 0 Å². The first-order valence-corrected chi connectivity index (χ1v) is 7.19. The van der Waals surface area contributed by atoms with Crippen LogP contribution in [0.15, 0.2) is 30.3 Å². The predicted molar refractivity (Wildman–Crippen MR) is 78.2 cm³/mol. The lowest BCUT2D eigenvalue weighted by Gasteiger charge is -2.22. The summed E-state index contributed by atoms with van der Waals surface area (Å²) in [6.07, 6.45) is 1.45. The molecule has 0 radical (unpaired) electrons. The Hall–Kier alpha value is -2.37. The summed E-state index contributed by atoms with van der Waals surface area (Å²) in [7, 11) is 1.26. The molecular weight excluding hydrogens is 286 g/mol. The molecule has 118 valence electrons. The van der Waals surface area contributed by atoms with E-state index in [4.69, 9.17) is 9.84 Å². The lowest BCUT2D eigenvalue weighted by molar-refractivity contribution is -0.145. The molecule has 1 aliphatic rings. The zero-order valence-corrected chi connectivity index (χ0v) is 12.3. The number of hydrogen-bond acceptors (Lipinski definition) is 4. The summed E-state index contributed by atoms with van der Waals surface area (Å²) in [5, 5.41) is 11.7. The van der Waals surface area contributed by atoms with Crippen molar-refractivity contribution in [2.75, 3.05) is 7.11 Å². The molecule has 1 aromatic carbocycles. The molecule has 1 aromatic rings. The number of rotatable bonds is 5. The van der Waals surface area contributed by atoms with Gasteiger partial charge in [0.1, 0.15) is 6.04 Å². The topological polar surface area (TPSA) is 92.7 Å². The highest BCUT2D eigenvalue weighted by atomic mass is 16.5. The second-order valence-corrected chi connectivity index (χ2v) is 5.45. The minimum atomic E-state index is -0.861. The van der Waals surface area contributed by atoms with Gasteiger partial charge < -0.3 is 15.2 Å². The minimum absolute atomic E-state index is 0.221. The number of amides is 1. The number of esters is 1. The van der Waals surface area contributed by atoms with Crippen LogP contribution in [0, 0.1) is 11.8 Å². The molecule has 1 amide bonds. The van der Waals surface area contributed by atoms with E-state index >= 15 is 0 Å². The van der Waals surface area contributed by atoms with Gasteiger partial charge in [0.05, 0.1) is 13.0 Å². The Morgan fingerprint density at radius 1 is 1.23 bits per heavy atom. The number of hydrogen-bond donors (Lipinski definition) is 2. The molecule has 2 N–H and O–H groups in total. The molecular formula is C16H19NO5. The normalized spacial score (nSPS) is 21.9. The lowest BCUT2D eigenvalue weighted by atomic mass is 9.96. The number of nitrogens with one attached hydrogen (secondary N) is 1. The zero-order valence-electron chi connectivity index (χ0n) is 12.3. The van der Waals surface area contributed by atoms with Crippen molar-refractivity contribution in [3.8, 4) is 0 Å². The number of carbonyl (C=O) groups is 3. The van der Waals surface area contributed by atoms with Gasteiger partial charge >= 0.3 is 11.9 Å². The Kier molecular flexibility index (Phi) is 5.14. The first-order valence-electron chi connectivity index (χ1n) is 7.19. The van der Waals surface area contributed by atoms with Gasteiger partial charge in [0.2, 0.25) is 0 Å². The van der Waals surface area contributed by atoms with Gasteiger partial charge in [0.15, 0.2) is 0 Å². The highest BCUT2D eigenvalue weighted by Crippen LogP contribution is 2.33. The van der Waals surface area contributed by atoms with Crippen LogP contribution in [0.5, 0.6) is 0 Å². The Balaban J connectivity index is 2.09. The van der Waals surface area contributed by atoms with E-state index in [0.29, 0.717) is 24.8 Å². The van der Waals surface area contributed by atoms with Crippen LogP contribution in [0.25, 0.3) is 0 Å². The molecule has 0 bridgehead atoms. The van der Waals surface area contributed by atoms with Gasteiger partial charge in [-0.2, -0.15) is 0 Å². The van der Waals surface area contributed by atoms with Crippen molar-refractivity contribution in [2.45, 2.75) is 25.3 Å². The van der Waals surface area contributed by atoms with Gasteiger partial charge in [-0.15, -0.1) is 0 Å². The van der Waals surface area contributed by atoms with Crippen LogP contribution in [0.3, 0.4) is 0 Å². The molecule has 0 unspecified atom stereocenters. The molecule has 0 spiro atoms. The van der Waals surface area contributed by atoms with Crippen molar-refractivity contribution in [3.63, 3.8) is 0 Å². The number of carboxylic acids is 1. The van der Waals surface area contributed by atoms with Gasteiger partial charge in [0.25, 0.3) is 5.91 Å². The Bertz CT molecular complexity index is 557. The van der Waals surface area contributed by atoms with E-state index in [-0.39, 0.29) is 11.8 Å². The molecule has 3 atom stereocenters. The first-order chi connectivity index (χ1) is 10.5. The van der Waals surface area contributed by atoms with Gasteiger partial charge in [-0.1, -0.05) is 18.2 Å².